The lowest BCUT2D eigenvalue weighted by Crippen LogP contribution is -2.52. The van der Waals surface area contributed by atoms with Crippen molar-refractivity contribution in [2.75, 3.05) is 26.2 Å². The Morgan fingerprint density at radius 3 is 2.47 bits per heavy atom. The first kappa shape index (κ1) is 40.3. The minimum Gasteiger partial charge on any atom is -0.506 e. The van der Waals surface area contributed by atoms with Crippen LogP contribution in [0.5, 0.6) is 11.5 Å². The van der Waals surface area contributed by atoms with E-state index in [4.69, 9.17) is 14.2 Å². The number of H-pyrrole nitrogens is 1. The van der Waals surface area contributed by atoms with Crippen LogP contribution in [0, 0.1) is 5.92 Å². The number of hydrogen-bond donors (Lipinski definition) is 5. The van der Waals surface area contributed by atoms with E-state index in [1.165, 1.54) is 12.1 Å². The Hall–Kier alpha value is -6.48. The Morgan fingerprint density at radius 1 is 0.917 bits per heavy atom. The maximum absolute atomic E-state index is 13.2. The molecule has 2 aromatic heterocycles. The molecule has 5 N–H and O–H groups in total. The molecule has 2 unspecified atom stereocenters. The van der Waals surface area contributed by atoms with Crippen LogP contribution in [0.4, 0.5) is 4.79 Å². The van der Waals surface area contributed by atoms with E-state index in [-0.39, 0.29) is 42.7 Å². The summed E-state index contributed by atoms with van der Waals surface area (Å²) in [6.45, 7) is 3.75. The van der Waals surface area contributed by atoms with Crippen molar-refractivity contribution in [3.63, 3.8) is 0 Å². The third kappa shape index (κ3) is 9.52. The van der Waals surface area contributed by atoms with E-state index >= 15 is 0 Å². The van der Waals surface area contributed by atoms with E-state index < -0.39 is 24.2 Å². The molecule has 3 saturated heterocycles. The smallest absolute Gasteiger partial charge is 0.408 e. The zero-order valence-corrected chi connectivity index (χ0v) is 33.3. The summed E-state index contributed by atoms with van der Waals surface area (Å²) in [5.74, 6) is 0.487. The molecule has 1 amide bonds. The van der Waals surface area contributed by atoms with Crippen LogP contribution >= 0.6 is 0 Å². The molecule has 2 bridgehead atoms. The van der Waals surface area contributed by atoms with E-state index in [2.05, 4.69) is 25.6 Å². The minimum atomic E-state index is -0.907. The van der Waals surface area contributed by atoms with Crippen molar-refractivity contribution in [2.24, 2.45) is 13.0 Å². The van der Waals surface area contributed by atoms with Gasteiger partial charge in [0.2, 0.25) is 5.56 Å². The number of aromatic amines is 1. The van der Waals surface area contributed by atoms with Crippen LogP contribution in [0.3, 0.4) is 0 Å². The molecule has 5 heterocycles. The number of aliphatic hydroxyl groups excluding tert-OH is 1. The Kier molecular flexibility index (Phi) is 12.2. The molecule has 14 nitrogen and oxygen atoms in total. The summed E-state index contributed by atoms with van der Waals surface area (Å²) in [4.78, 5) is 42.9. The molecule has 3 fully saturated rings. The number of phenols is 1. The number of carbonyl (C=O) groups excluding carboxylic acids is 2. The van der Waals surface area contributed by atoms with Crippen LogP contribution < -0.4 is 20.9 Å². The van der Waals surface area contributed by atoms with Gasteiger partial charge in [0.1, 0.15) is 36.5 Å². The van der Waals surface area contributed by atoms with E-state index in [0.717, 1.165) is 54.9 Å². The lowest BCUT2D eigenvalue weighted by Gasteiger charge is -2.43. The number of aliphatic hydroxyl groups is 1. The maximum atomic E-state index is 13.2. The van der Waals surface area contributed by atoms with E-state index in [1.807, 2.05) is 72.8 Å². The van der Waals surface area contributed by atoms with Gasteiger partial charge in [-0.05, 0) is 96.6 Å². The molecule has 310 valence electrons. The number of fused-ring (bicyclic) bond motifs is 4. The maximum Gasteiger partial charge on any atom is 0.408 e. The molecule has 14 heteroatoms. The van der Waals surface area contributed by atoms with Crippen LogP contribution in [-0.2, 0) is 36.3 Å². The first-order chi connectivity index (χ1) is 29.2. The number of benzene rings is 4. The number of aromatic hydroxyl groups is 1. The van der Waals surface area contributed by atoms with E-state index in [9.17, 15) is 24.6 Å². The second kappa shape index (κ2) is 18.2. The fraction of sp³-hybridized carbons (Fsp3) is 0.304. The number of hydrogen-bond acceptors (Lipinski definition) is 11. The van der Waals surface area contributed by atoms with Crippen molar-refractivity contribution in [3.05, 3.63) is 159 Å². The molecule has 0 spiro atoms. The fourth-order valence-electron chi connectivity index (χ4n) is 8.05. The summed E-state index contributed by atoms with van der Waals surface area (Å²) >= 11 is 0. The highest BCUT2D eigenvalue weighted by atomic mass is 16.6. The normalized spacial score (nSPS) is 18.1. The van der Waals surface area contributed by atoms with Gasteiger partial charge in [0.05, 0.1) is 28.9 Å². The summed E-state index contributed by atoms with van der Waals surface area (Å²) in [6.07, 6.45) is 0.688. The van der Waals surface area contributed by atoms with Crippen molar-refractivity contribution in [3.8, 4) is 11.5 Å². The van der Waals surface area contributed by atoms with E-state index in [1.54, 1.807) is 36.0 Å². The molecule has 3 aliphatic rings. The molecule has 3 aliphatic heterocycles. The van der Waals surface area contributed by atoms with Crippen molar-refractivity contribution in [2.45, 2.75) is 50.8 Å². The second-order valence-electron chi connectivity index (χ2n) is 15.4. The number of nitrogens with zero attached hydrogens (tertiary/aromatic N) is 3. The second-order valence-corrected chi connectivity index (χ2v) is 15.4. The van der Waals surface area contributed by atoms with Gasteiger partial charge in [-0.1, -0.05) is 60.7 Å². The first-order valence-corrected chi connectivity index (χ1v) is 20.2. The van der Waals surface area contributed by atoms with Crippen LogP contribution in [-0.4, -0.2) is 74.2 Å². The third-order valence-electron chi connectivity index (χ3n) is 11.3. The fourth-order valence-corrected chi connectivity index (χ4v) is 8.05. The lowest BCUT2D eigenvalue weighted by molar-refractivity contribution is -0.0336. The van der Waals surface area contributed by atoms with Gasteiger partial charge in [0, 0.05) is 38.1 Å². The number of aromatic nitrogens is 3. The standard InChI is InChI=1S/C46H48N6O8/c1-51-35(24-47-25-40(54)37-14-16-39(53)44-38(37)15-17-42(55)48-44)23-34(50-51)28-59-45(56)32-12-10-29(11-13-32)27-58-36-9-5-8-33(22-36)43(31-6-3-2-4-7-31)49-46(57)60-41-26-52-20-18-30(41)19-21-52/h2-17,22-23,30,40-41,43,47,53-54H,18-21,24-28H2,1H3,(H,48,55)(H,49,57)/t40?,41-,43?/m0/s1. The zero-order chi connectivity index (χ0) is 41.6. The van der Waals surface area contributed by atoms with Crippen LogP contribution in [0.2, 0.25) is 0 Å². The summed E-state index contributed by atoms with van der Waals surface area (Å²) in [7, 11) is 1.79. The molecular weight excluding hydrogens is 765 g/mol. The topological polar surface area (TPSA) is 180 Å². The van der Waals surface area contributed by atoms with Crippen molar-refractivity contribution < 1.29 is 34.0 Å². The molecule has 4 aromatic carbocycles. The number of aryl methyl sites for hydroxylation is 1. The molecule has 60 heavy (non-hydrogen) atoms. The molecule has 0 saturated carbocycles. The van der Waals surface area contributed by atoms with Gasteiger partial charge in [-0.15, -0.1) is 0 Å². The number of piperidine rings is 3. The highest BCUT2D eigenvalue weighted by Gasteiger charge is 2.37. The molecule has 0 radical (unpaired) electrons. The van der Waals surface area contributed by atoms with Gasteiger partial charge in [-0.25, -0.2) is 9.59 Å². The Bertz CT molecular complexity index is 2500. The minimum absolute atomic E-state index is 0.0234. The highest BCUT2D eigenvalue weighted by molar-refractivity contribution is 5.89. The van der Waals surface area contributed by atoms with Gasteiger partial charge in [0.15, 0.2) is 0 Å². The monoisotopic (exact) mass is 812 g/mol. The zero-order valence-electron chi connectivity index (χ0n) is 33.3. The summed E-state index contributed by atoms with van der Waals surface area (Å²) in [6, 6.07) is 31.9. The summed E-state index contributed by atoms with van der Waals surface area (Å²) in [5.41, 5.74) is 4.91. The summed E-state index contributed by atoms with van der Waals surface area (Å²) < 4.78 is 19.4. The number of rotatable bonds is 15. The predicted octanol–water partition coefficient (Wildman–Crippen LogP) is 5.64. The largest absolute Gasteiger partial charge is 0.506 e. The van der Waals surface area contributed by atoms with Crippen molar-refractivity contribution >= 4 is 23.0 Å². The lowest BCUT2D eigenvalue weighted by atomic mass is 9.86. The van der Waals surface area contributed by atoms with Crippen molar-refractivity contribution in [1.82, 2.24) is 30.3 Å². The van der Waals surface area contributed by atoms with Gasteiger partial charge in [-0.3, -0.25) is 14.4 Å². The number of carbonyl (C=O) groups is 2. The average Bonchev–Trinajstić information content (AvgIpc) is 3.63. The number of esters is 1. The predicted molar refractivity (Wildman–Crippen MR) is 223 cm³/mol. The number of nitrogens with one attached hydrogen (secondary N) is 3. The number of alkyl carbamates (subject to hydrolysis) is 1. The third-order valence-corrected chi connectivity index (χ3v) is 11.3. The molecule has 9 rings (SSSR count). The van der Waals surface area contributed by atoms with Crippen molar-refractivity contribution in [1.29, 1.82) is 0 Å². The molecule has 6 aromatic rings. The van der Waals surface area contributed by atoms with Gasteiger partial charge in [-0.2, -0.15) is 5.10 Å². The number of amides is 1. The number of pyridine rings is 1. The van der Waals surface area contributed by atoms with Gasteiger partial charge < -0.3 is 40.0 Å². The number of phenolic OH excluding ortho intramolecular Hbond substituents is 1. The quantitative estimate of drug-likeness (QED) is 0.0811. The Balaban J connectivity index is 0.817. The Labute approximate surface area is 346 Å². The van der Waals surface area contributed by atoms with E-state index in [0.29, 0.717) is 40.4 Å². The van der Waals surface area contributed by atoms with Crippen LogP contribution in [0.15, 0.2) is 114 Å². The number of ether oxygens (including phenoxy) is 3. The van der Waals surface area contributed by atoms with Gasteiger partial charge in [0.25, 0.3) is 0 Å². The summed E-state index contributed by atoms with van der Waals surface area (Å²) in [5, 5.41) is 32.4. The molecular formula is C46H48N6O8. The van der Waals surface area contributed by atoms with Crippen LogP contribution in [0.1, 0.15) is 69.0 Å². The highest BCUT2D eigenvalue weighted by Crippen LogP contribution is 2.31. The molecule has 3 atom stereocenters. The first-order valence-electron chi connectivity index (χ1n) is 20.2. The van der Waals surface area contributed by atoms with Crippen LogP contribution in [0.25, 0.3) is 10.9 Å². The Morgan fingerprint density at radius 2 is 1.70 bits per heavy atom. The SMILES string of the molecule is Cn1nc(COC(=O)c2ccc(COc3cccc(C(NC(=O)O[C@H]4CN5CCC4CC5)c4ccccc4)c3)cc2)cc1CNCC(O)c1ccc(O)c2[nH]c(=O)ccc12. The van der Waals surface area contributed by atoms with Gasteiger partial charge >= 0.3 is 12.1 Å². The molecule has 0 aliphatic carbocycles. The average molecular weight is 813 g/mol.